The second kappa shape index (κ2) is 7.21. The molecule has 0 aromatic heterocycles. The van der Waals surface area contributed by atoms with E-state index in [9.17, 15) is 13.2 Å². The van der Waals surface area contributed by atoms with Gasteiger partial charge in [0.1, 0.15) is 0 Å². The molecular weight excluding hydrogens is 328 g/mol. The number of amides is 1. The second-order valence-electron chi connectivity index (χ2n) is 6.52. The molecule has 1 unspecified atom stereocenters. The number of fused-ring (bicyclic) bond motifs is 1. The Hall–Kier alpha value is -1.44. The molecule has 0 spiro atoms. The van der Waals surface area contributed by atoms with Crippen molar-refractivity contribution >= 4 is 21.6 Å². The Morgan fingerprint density at radius 2 is 1.96 bits per heavy atom. The molecule has 2 aliphatic rings. The molecule has 7 heteroatoms. The van der Waals surface area contributed by atoms with Crippen molar-refractivity contribution in [2.75, 3.05) is 43.5 Å². The highest BCUT2D eigenvalue weighted by Crippen LogP contribution is 2.29. The first-order chi connectivity index (χ1) is 11.5. The summed E-state index contributed by atoms with van der Waals surface area (Å²) in [6, 6.07) is 7.87. The summed E-state index contributed by atoms with van der Waals surface area (Å²) in [7, 11) is -3.40. The minimum absolute atomic E-state index is 0.0146. The average molecular weight is 352 g/mol. The molecule has 1 aromatic carbocycles. The van der Waals surface area contributed by atoms with E-state index in [0.717, 1.165) is 17.7 Å². The minimum Gasteiger partial charge on any atom is -0.379 e. The predicted molar refractivity (Wildman–Crippen MR) is 92.5 cm³/mol. The van der Waals surface area contributed by atoms with Crippen LogP contribution in [0.2, 0.25) is 0 Å². The van der Waals surface area contributed by atoms with Gasteiger partial charge in [-0.25, -0.2) is 8.42 Å². The Morgan fingerprint density at radius 3 is 2.71 bits per heavy atom. The monoisotopic (exact) mass is 352 g/mol. The van der Waals surface area contributed by atoms with Gasteiger partial charge in [-0.05, 0) is 24.0 Å². The van der Waals surface area contributed by atoms with Gasteiger partial charge in [0, 0.05) is 31.7 Å². The van der Waals surface area contributed by atoms with Gasteiger partial charge in [-0.1, -0.05) is 25.1 Å². The van der Waals surface area contributed by atoms with Crippen LogP contribution in [0.1, 0.15) is 18.9 Å². The van der Waals surface area contributed by atoms with Gasteiger partial charge in [-0.2, -0.15) is 4.31 Å². The van der Waals surface area contributed by atoms with Crippen LogP contribution in [0.5, 0.6) is 0 Å². The van der Waals surface area contributed by atoms with Crippen LogP contribution >= 0.6 is 0 Å². The third-order valence-corrected chi connectivity index (χ3v) is 6.46. The number of nitrogens with zero attached hydrogens (tertiary/aromatic N) is 2. The van der Waals surface area contributed by atoms with Gasteiger partial charge in [0.05, 0.1) is 19.0 Å². The van der Waals surface area contributed by atoms with Crippen LogP contribution in [0.4, 0.5) is 5.69 Å². The Morgan fingerprint density at radius 1 is 1.25 bits per heavy atom. The van der Waals surface area contributed by atoms with Crippen LogP contribution in [-0.4, -0.2) is 57.2 Å². The molecule has 0 radical (unpaired) electrons. The Kier molecular flexibility index (Phi) is 5.22. The molecule has 1 amide bonds. The molecular formula is C17H24N2O4S. The van der Waals surface area contributed by atoms with Crippen molar-refractivity contribution in [3.63, 3.8) is 0 Å². The summed E-state index contributed by atoms with van der Waals surface area (Å²) in [6.45, 7) is 4.35. The Labute approximate surface area is 143 Å². The zero-order valence-corrected chi connectivity index (χ0v) is 14.8. The zero-order chi connectivity index (χ0) is 17.2. The van der Waals surface area contributed by atoms with E-state index in [4.69, 9.17) is 4.74 Å². The van der Waals surface area contributed by atoms with Gasteiger partial charge in [-0.15, -0.1) is 0 Å². The molecule has 1 saturated heterocycles. The lowest BCUT2D eigenvalue weighted by Gasteiger charge is -2.33. The van der Waals surface area contributed by atoms with Crippen molar-refractivity contribution in [2.24, 2.45) is 5.92 Å². The van der Waals surface area contributed by atoms with Gasteiger partial charge >= 0.3 is 0 Å². The lowest BCUT2D eigenvalue weighted by atomic mass is 9.94. The highest BCUT2D eigenvalue weighted by molar-refractivity contribution is 7.89. The maximum atomic E-state index is 12.7. The van der Waals surface area contributed by atoms with Gasteiger partial charge < -0.3 is 9.64 Å². The second-order valence-corrected chi connectivity index (χ2v) is 8.61. The number of hydrogen-bond donors (Lipinski definition) is 0. The van der Waals surface area contributed by atoms with E-state index >= 15 is 0 Å². The molecule has 24 heavy (non-hydrogen) atoms. The number of sulfonamides is 1. The third kappa shape index (κ3) is 3.79. The first-order valence-electron chi connectivity index (χ1n) is 8.41. The Bertz CT molecular complexity index is 698. The van der Waals surface area contributed by atoms with Crippen LogP contribution in [-0.2, 0) is 26.0 Å². The van der Waals surface area contributed by atoms with E-state index in [1.165, 1.54) is 4.31 Å². The van der Waals surface area contributed by atoms with Gasteiger partial charge in [0.15, 0.2) is 0 Å². The molecule has 1 atom stereocenters. The van der Waals surface area contributed by atoms with Crippen LogP contribution in [0.25, 0.3) is 0 Å². The van der Waals surface area contributed by atoms with E-state index in [2.05, 4.69) is 6.92 Å². The first-order valence-corrected chi connectivity index (χ1v) is 10.0. The van der Waals surface area contributed by atoms with E-state index < -0.39 is 10.0 Å². The number of rotatable bonds is 4. The summed E-state index contributed by atoms with van der Waals surface area (Å²) < 4.78 is 31.4. The van der Waals surface area contributed by atoms with E-state index in [-0.39, 0.29) is 18.1 Å². The fourth-order valence-corrected chi connectivity index (χ4v) is 4.73. The number of carbonyl (C=O) groups excluding carboxylic acids is 1. The lowest BCUT2D eigenvalue weighted by molar-refractivity contribution is -0.118. The summed E-state index contributed by atoms with van der Waals surface area (Å²) in [5.41, 5.74) is 2.07. The van der Waals surface area contributed by atoms with E-state index in [1.807, 2.05) is 24.3 Å². The van der Waals surface area contributed by atoms with E-state index in [1.54, 1.807) is 4.90 Å². The Balaban J connectivity index is 1.67. The number of hydrogen-bond acceptors (Lipinski definition) is 4. The number of benzene rings is 1. The summed E-state index contributed by atoms with van der Waals surface area (Å²) in [4.78, 5) is 14.4. The van der Waals surface area contributed by atoms with Crippen LogP contribution in [0, 0.1) is 5.92 Å². The quantitative estimate of drug-likeness (QED) is 0.818. The molecule has 132 valence electrons. The molecule has 2 aliphatic heterocycles. The fourth-order valence-electron chi connectivity index (χ4n) is 3.34. The van der Waals surface area contributed by atoms with Crippen LogP contribution < -0.4 is 4.90 Å². The molecule has 6 nitrogen and oxygen atoms in total. The molecule has 0 aliphatic carbocycles. The van der Waals surface area contributed by atoms with Crippen molar-refractivity contribution in [1.82, 2.24) is 4.31 Å². The van der Waals surface area contributed by atoms with Crippen molar-refractivity contribution in [1.29, 1.82) is 0 Å². The number of ether oxygens (including phenoxy) is 1. The van der Waals surface area contributed by atoms with Crippen LogP contribution in [0.15, 0.2) is 24.3 Å². The zero-order valence-electron chi connectivity index (χ0n) is 14.0. The largest absolute Gasteiger partial charge is 0.379 e. The molecule has 2 heterocycles. The molecule has 1 fully saturated rings. The summed E-state index contributed by atoms with van der Waals surface area (Å²) in [5.74, 6) is 0.115. The normalized spacial score (nSPS) is 22.2. The topological polar surface area (TPSA) is 66.9 Å². The van der Waals surface area contributed by atoms with Crippen molar-refractivity contribution < 1.29 is 17.9 Å². The van der Waals surface area contributed by atoms with Gasteiger partial charge in [0.25, 0.3) is 0 Å². The third-order valence-electron chi connectivity index (χ3n) is 4.58. The predicted octanol–water partition coefficient (Wildman–Crippen LogP) is 1.26. The van der Waals surface area contributed by atoms with Gasteiger partial charge in [0.2, 0.25) is 15.9 Å². The minimum atomic E-state index is -3.40. The van der Waals surface area contributed by atoms with E-state index in [0.29, 0.717) is 38.8 Å². The molecule has 3 rings (SSSR count). The standard InChI is InChI=1S/C17H24N2O4S/c1-14-12-15-4-2-3-5-16(15)19(13-14)17(20)6-11-24(21,22)18-7-9-23-10-8-18/h2-5,14H,6-13H2,1H3. The highest BCUT2D eigenvalue weighted by Gasteiger charge is 2.29. The maximum Gasteiger partial charge on any atom is 0.228 e. The molecule has 0 saturated carbocycles. The van der Waals surface area contributed by atoms with Gasteiger partial charge in [-0.3, -0.25) is 4.79 Å². The van der Waals surface area contributed by atoms with Crippen molar-refractivity contribution in [3.05, 3.63) is 29.8 Å². The van der Waals surface area contributed by atoms with Crippen molar-refractivity contribution in [2.45, 2.75) is 19.8 Å². The number of anilines is 1. The van der Waals surface area contributed by atoms with Crippen molar-refractivity contribution in [3.8, 4) is 0 Å². The average Bonchev–Trinajstić information content (AvgIpc) is 2.59. The number of morpholine rings is 1. The SMILES string of the molecule is CC1Cc2ccccc2N(C(=O)CCS(=O)(=O)N2CCOCC2)C1. The molecule has 0 bridgehead atoms. The maximum absolute atomic E-state index is 12.7. The number of carbonyl (C=O) groups is 1. The fraction of sp³-hybridized carbons (Fsp3) is 0.588. The smallest absolute Gasteiger partial charge is 0.228 e. The van der Waals surface area contributed by atoms with Crippen LogP contribution in [0.3, 0.4) is 0 Å². The highest BCUT2D eigenvalue weighted by atomic mass is 32.2. The summed E-state index contributed by atoms with van der Waals surface area (Å²) in [6.07, 6.45) is 0.965. The molecule has 1 aromatic rings. The molecule has 0 N–H and O–H groups in total. The summed E-state index contributed by atoms with van der Waals surface area (Å²) >= 11 is 0. The summed E-state index contributed by atoms with van der Waals surface area (Å²) in [5, 5.41) is 0. The lowest BCUT2D eigenvalue weighted by Crippen LogP contribution is -2.44. The first kappa shape index (κ1) is 17.4. The number of para-hydroxylation sites is 1.